The van der Waals surface area contributed by atoms with Gasteiger partial charge >= 0.3 is 5.97 Å². The third-order valence-corrected chi connectivity index (χ3v) is 4.55. The van der Waals surface area contributed by atoms with Gasteiger partial charge in [0.2, 0.25) is 5.82 Å². The first-order valence-electron chi connectivity index (χ1n) is 8.87. The fraction of sp³-hybridized carbons (Fsp3) is 0.350. The normalized spacial score (nSPS) is 10.8. The molecule has 8 heteroatoms. The minimum absolute atomic E-state index is 0.111. The SMILES string of the molecule is CCn1c(C)cc(C(=O)OCc2nc(-c3ccc(OC)cc3OC)no2)c1C. The molecule has 3 rings (SSSR count). The summed E-state index contributed by atoms with van der Waals surface area (Å²) in [5, 5.41) is 3.95. The zero-order chi connectivity index (χ0) is 20.3. The summed E-state index contributed by atoms with van der Waals surface area (Å²) in [6, 6.07) is 7.10. The van der Waals surface area contributed by atoms with E-state index in [0.29, 0.717) is 28.5 Å². The fourth-order valence-electron chi connectivity index (χ4n) is 3.11. The van der Waals surface area contributed by atoms with Gasteiger partial charge in [-0.25, -0.2) is 4.79 Å². The molecule has 0 spiro atoms. The molecule has 0 bridgehead atoms. The molecule has 0 unspecified atom stereocenters. The third kappa shape index (κ3) is 3.71. The Balaban J connectivity index is 1.73. The van der Waals surface area contributed by atoms with Crippen molar-refractivity contribution in [2.45, 2.75) is 33.9 Å². The number of ether oxygens (including phenoxy) is 3. The van der Waals surface area contributed by atoms with Crippen LogP contribution in [0.4, 0.5) is 0 Å². The number of benzene rings is 1. The van der Waals surface area contributed by atoms with Crippen LogP contribution in [0.5, 0.6) is 11.5 Å². The lowest BCUT2D eigenvalue weighted by molar-refractivity contribution is 0.0429. The number of methoxy groups -OCH3 is 2. The van der Waals surface area contributed by atoms with Crippen LogP contribution in [0.25, 0.3) is 11.4 Å². The lowest BCUT2D eigenvalue weighted by Gasteiger charge is -2.07. The summed E-state index contributed by atoms with van der Waals surface area (Å²) in [6.07, 6.45) is 0. The van der Waals surface area contributed by atoms with Gasteiger partial charge in [0.25, 0.3) is 5.89 Å². The van der Waals surface area contributed by atoms with Crippen LogP contribution in [0.1, 0.15) is 34.6 Å². The summed E-state index contributed by atoms with van der Waals surface area (Å²) in [5.41, 5.74) is 3.07. The van der Waals surface area contributed by atoms with E-state index in [0.717, 1.165) is 17.9 Å². The molecule has 8 nitrogen and oxygen atoms in total. The smallest absolute Gasteiger partial charge is 0.340 e. The first kappa shape index (κ1) is 19.5. The Labute approximate surface area is 163 Å². The zero-order valence-corrected chi connectivity index (χ0v) is 16.6. The van der Waals surface area contributed by atoms with E-state index in [-0.39, 0.29) is 12.5 Å². The van der Waals surface area contributed by atoms with Gasteiger partial charge < -0.3 is 23.3 Å². The average Bonchev–Trinajstić information content (AvgIpc) is 3.29. The van der Waals surface area contributed by atoms with Crippen LogP contribution in [0.15, 0.2) is 28.8 Å². The largest absolute Gasteiger partial charge is 0.497 e. The molecule has 0 N–H and O–H groups in total. The van der Waals surface area contributed by atoms with Crippen molar-refractivity contribution in [1.82, 2.24) is 14.7 Å². The second-order valence-corrected chi connectivity index (χ2v) is 6.18. The molecule has 0 saturated carbocycles. The lowest BCUT2D eigenvalue weighted by Crippen LogP contribution is -2.07. The van der Waals surface area contributed by atoms with Crippen molar-refractivity contribution >= 4 is 5.97 Å². The van der Waals surface area contributed by atoms with E-state index in [1.165, 1.54) is 0 Å². The second-order valence-electron chi connectivity index (χ2n) is 6.18. The van der Waals surface area contributed by atoms with E-state index in [2.05, 4.69) is 14.7 Å². The Morgan fingerprint density at radius 1 is 1.18 bits per heavy atom. The van der Waals surface area contributed by atoms with Crippen molar-refractivity contribution in [2.75, 3.05) is 14.2 Å². The van der Waals surface area contributed by atoms with Crippen molar-refractivity contribution < 1.29 is 23.5 Å². The molecule has 28 heavy (non-hydrogen) atoms. The van der Waals surface area contributed by atoms with Gasteiger partial charge in [0, 0.05) is 24.0 Å². The number of esters is 1. The molecule has 148 valence electrons. The minimum Gasteiger partial charge on any atom is -0.497 e. The first-order chi connectivity index (χ1) is 13.5. The summed E-state index contributed by atoms with van der Waals surface area (Å²) >= 11 is 0. The van der Waals surface area contributed by atoms with E-state index < -0.39 is 5.97 Å². The Morgan fingerprint density at radius 2 is 1.96 bits per heavy atom. The maximum absolute atomic E-state index is 12.4. The van der Waals surface area contributed by atoms with Crippen LogP contribution in [0.3, 0.4) is 0 Å². The Morgan fingerprint density at radius 3 is 2.61 bits per heavy atom. The number of carbonyl (C=O) groups excluding carboxylic acids is 1. The predicted molar refractivity (Wildman–Crippen MR) is 102 cm³/mol. The second kappa shape index (κ2) is 8.16. The third-order valence-electron chi connectivity index (χ3n) is 4.55. The van der Waals surface area contributed by atoms with Gasteiger partial charge in [-0.2, -0.15) is 4.98 Å². The van der Waals surface area contributed by atoms with Crippen LogP contribution < -0.4 is 9.47 Å². The molecule has 0 fully saturated rings. The number of rotatable bonds is 7. The monoisotopic (exact) mass is 385 g/mol. The van der Waals surface area contributed by atoms with Crippen molar-refractivity contribution in [3.8, 4) is 22.9 Å². The predicted octanol–water partition coefficient (Wildman–Crippen LogP) is 3.55. The molecule has 0 aliphatic rings. The molecule has 0 aliphatic heterocycles. The highest BCUT2D eigenvalue weighted by Crippen LogP contribution is 2.31. The highest BCUT2D eigenvalue weighted by Gasteiger charge is 2.19. The van der Waals surface area contributed by atoms with Crippen LogP contribution in [-0.4, -0.2) is 34.9 Å². The van der Waals surface area contributed by atoms with Crippen molar-refractivity contribution in [3.63, 3.8) is 0 Å². The maximum Gasteiger partial charge on any atom is 0.340 e. The highest BCUT2D eigenvalue weighted by molar-refractivity contribution is 5.91. The van der Waals surface area contributed by atoms with Gasteiger partial charge in [-0.05, 0) is 39.0 Å². The molecule has 2 heterocycles. The molecule has 0 radical (unpaired) electrons. The summed E-state index contributed by atoms with van der Waals surface area (Å²) < 4.78 is 23.2. The minimum atomic E-state index is -0.422. The van der Waals surface area contributed by atoms with Gasteiger partial charge in [-0.3, -0.25) is 0 Å². The fourth-order valence-corrected chi connectivity index (χ4v) is 3.11. The standard InChI is InChI=1S/C20H23N3O5/c1-6-23-12(2)9-16(13(23)3)20(24)27-11-18-21-19(22-28-18)15-8-7-14(25-4)10-17(15)26-5/h7-10H,6,11H2,1-5H3. The number of aromatic nitrogens is 3. The lowest BCUT2D eigenvalue weighted by atomic mass is 10.2. The quantitative estimate of drug-likeness (QED) is 0.575. The van der Waals surface area contributed by atoms with Gasteiger partial charge in [0.15, 0.2) is 6.61 Å². The Kier molecular flexibility index (Phi) is 5.67. The number of hydrogen-bond donors (Lipinski definition) is 0. The Bertz CT molecular complexity index is 990. The number of carbonyl (C=O) groups is 1. The molecule has 1 aromatic carbocycles. The van der Waals surface area contributed by atoms with Gasteiger partial charge in [0.1, 0.15) is 11.5 Å². The molecule has 0 atom stereocenters. The van der Waals surface area contributed by atoms with Crippen LogP contribution in [-0.2, 0) is 17.9 Å². The van der Waals surface area contributed by atoms with Gasteiger partial charge in [0.05, 0.1) is 25.3 Å². The zero-order valence-electron chi connectivity index (χ0n) is 16.6. The molecule has 2 aromatic heterocycles. The molecular formula is C20H23N3O5. The van der Waals surface area contributed by atoms with E-state index in [1.807, 2.05) is 26.8 Å². The summed E-state index contributed by atoms with van der Waals surface area (Å²) in [7, 11) is 3.13. The van der Waals surface area contributed by atoms with Crippen molar-refractivity contribution in [2.24, 2.45) is 0 Å². The van der Waals surface area contributed by atoms with E-state index in [4.69, 9.17) is 18.7 Å². The number of hydrogen-bond acceptors (Lipinski definition) is 7. The summed E-state index contributed by atoms with van der Waals surface area (Å²) in [6.45, 7) is 6.57. The number of aryl methyl sites for hydroxylation is 1. The Hall–Kier alpha value is -3.29. The van der Waals surface area contributed by atoms with Crippen molar-refractivity contribution in [3.05, 3.63) is 47.1 Å². The maximum atomic E-state index is 12.4. The highest BCUT2D eigenvalue weighted by atomic mass is 16.6. The van der Waals surface area contributed by atoms with Gasteiger partial charge in [-0.1, -0.05) is 5.16 Å². The summed E-state index contributed by atoms with van der Waals surface area (Å²) in [5.74, 6) is 1.33. The first-order valence-corrected chi connectivity index (χ1v) is 8.87. The molecule has 0 saturated heterocycles. The average molecular weight is 385 g/mol. The van der Waals surface area contributed by atoms with E-state index in [1.54, 1.807) is 32.4 Å². The molecule has 3 aromatic rings. The van der Waals surface area contributed by atoms with Gasteiger partial charge in [-0.15, -0.1) is 0 Å². The van der Waals surface area contributed by atoms with Crippen LogP contribution >= 0.6 is 0 Å². The van der Waals surface area contributed by atoms with Crippen molar-refractivity contribution in [1.29, 1.82) is 0 Å². The topological polar surface area (TPSA) is 88.6 Å². The van der Waals surface area contributed by atoms with Crippen LogP contribution in [0, 0.1) is 13.8 Å². The van der Waals surface area contributed by atoms with E-state index >= 15 is 0 Å². The number of nitrogens with zero attached hydrogens (tertiary/aromatic N) is 3. The summed E-state index contributed by atoms with van der Waals surface area (Å²) in [4.78, 5) is 16.7. The van der Waals surface area contributed by atoms with Crippen LogP contribution in [0.2, 0.25) is 0 Å². The molecular weight excluding hydrogens is 362 g/mol. The molecule has 0 amide bonds. The van der Waals surface area contributed by atoms with E-state index in [9.17, 15) is 4.79 Å². The molecule has 0 aliphatic carbocycles.